The van der Waals surface area contributed by atoms with Crippen LogP contribution in [0.25, 0.3) is 0 Å². The maximum absolute atomic E-state index is 10.9. The summed E-state index contributed by atoms with van der Waals surface area (Å²) in [6, 6.07) is 5.76. The Kier molecular flexibility index (Phi) is 5.76. The van der Waals surface area contributed by atoms with Crippen LogP contribution < -0.4 is 5.32 Å². The van der Waals surface area contributed by atoms with Crippen molar-refractivity contribution in [3.05, 3.63) is 33.8 Å². The standard InChI is InChI=1S/C11H15Cl2NOS/c1-8(14-5-6-16(2)15)9-3-4-10(12)11(13)7-9/h3-4,7-8,14H,5-6H2,1-2H3. The number of benzene rings is 1. The molecule has 90 valence electrons. The van der Waals surface area contributed by atoms with Gasteiger partial charge in [-0.2, -0.15) is 0 Å². The van der Waals surface area contributed by atoms with Crippen molar-refractivity contribution in [1.29, 1.82) is 0 Å². The van der Waals surface area contributed by atoms with Gasteiger partial charge in [0, 0.05) is 35.4 Å². The van der Waals surface area contributed by atoms with E-state index in [1.807, 2.05) is 19.1 Å². The quantitative estimate of drug-likeness (QED) is 0.898. The topological polar surface area (TPSA) is 29.1 Å². The molecule has 0 heterocycles. The summed E-state index contributed by atoms with van der Waals surface area (Å²) in [6.07, 6.45) is 1.70. The highest BCUT2D eigenvalue weighted by molar-refractivity contribution is 7.84. The minimum absolute atomic E-state index is 0.179. The Morgan fingerprint density at radius 1 is 1.38 bits per heavy atom. The van der Waals surface area contributed by atoms with E-state index >= 15 is 0 Å². The summed E-state index contributed by atoms with van der Waals surface area (Å²) in [5.41, 5.74) is 1.08. The zero-order valence-corrected chi connectivity index (χ0v) is 11.6. The summed E-state index contributed by atoms with van der Waals surface area (Å²) >= 11 is 11.8. The minimum atomic E-state index is -0.756. The number of halogens is 2. The van der Waals surface area contributed by atoms with E-state index in [1.165, 1.54) is 0 Å². The lowest BCUT2D eigenvalue weighted by Gasteiger charge is -2.14. The highest BCUT2D eigenvalue weighted by atomic mass is 35.5. The molecule has 0 bridgehead atoms. The van der Waals surface area contributed by atoms with Crippen molar-refractivity contribution in [2.24, 2.45) is 0 Å². The molecule has 0 saturated heterocycles. The van der Waals surface area contributed by atoms with Crippen molar-refractivity contribution in [2.45, 2.75) is 13.0 Å². The fraction of sp³-hybridized carbons (Fsp3) is 0.455. The Morgan fingerprint density at radius 2 is 2.06 bits per heavy atom. The molecule has 0 amide bonds. The Bertz CT molecular complexity index is 384. The molecule has 2 unspecified atom stereocenters. The lowest BCUT2D eigenvalue weighted by Crippen LogP contribution is -2.23. The highest BCUT2D eigenvalue weighted by Gasteiger charge is 2.06. The maximum Gasteiger partial charge on any atom is 0.0595 e. The van der Waals surface area contributed by atoms with Crippen LogP contribution in [-0.2, 0) is 10.8 Å². The van der Waals surface area contributed by atoms with Gasteiger partial charge in [-0.1, -0.05) is 29.3 Å². The van der Waals surface area contributed by atoms with E-state index in [0.29, 0.717) is 15.8 Å². The van der Waals surface area contributed by atoms with Gasteiger partial charge in [-0.3, -0.25) is 4.21 Å². The molecular weight excluding hydrogens is 265 g/mol. The summed E-state index contributed by atoms with van der Waals surface area (Å²) in [4.78, 5) is 0. The van der Waals surface area contributed by atoms with Crippen molar-refractivity contribution in [3.63, 3.8) is 0 Å². The summed E-state index contributed by atoms with van der Waals surface area (Å²) in [5, 5.41) is 4.41. The predicted molar refractivity (Wildman–Crippen MR) is 71.8 cm³/mol. The van der Waals surface area contributed by atoms with Gasteiger partial charge >= 0.3 is 0 Å². The molecule has 16 heavy (non-hydrogen) atoms. The minimum Gasteiger partial charge on any atom is -0.309 e. The molecule has 0 spiro atoms. The SMILES string of the molecule is CC(NCCS(C)=O)c1ccc(Cl)c(Cl)c1. The van der Waals surface area contributed by atoms with Crippen LogP contribution in [0.3, 0.4) is 0 Å². The van der Waals surface area contributed by atoms with Crippen LogP contribution in [0.4, 0.5) is 0 Å². The summed E-state index contributed by atoms with van der Waals surface area (Å²) in [6.45, 7) is 2.77. The van der Waals surface area contributed by atoms with Crippen LogP contribution in [-0.4, -0.2) is 22.8 Å². The van der Waals surface area contributed by atoms with Gasteiger partial charge in [0.25, 0.3) is 0 Å². The van der Waals surface area contributed by atoms with Crippen LogP contribution in [0.5, 0.6) is 0 Å². The van der Waals surface area contributed by atoms with Gasteiger partial charge in [0.1, 0.15) is 0 Å². The Hall–Kier alpha value is -0.0900. The molecular formula is C11H15Cl2NOS. The molecule has 1 rings (SSSR count). The Morgan fingerprint density at radius 3 is 2.62 bits per heavy atom. The van der Waals surface area contributed by atoms with Gasteiger partial charge in [0.15, 0.2) is 0 Å². The van der Waals surface area contributed by atoms with Crippen LogP contribution in [0.15, 0.2) is 18.2 Å². The second-order valence-corrected chi connectivity index (χ2v) is 6.00. The first-order valence-electron chi connectivity index (χ1n) is 4.99. The van der Waals surface area contributed by atoms with E-state index in [4.69, 9.17) is 23.2 Å². The first kappa shape index (κ1) is 14.0. The molecule has 1 aromatic carbocycles. The van der Waals surface area contributed by atoms with Gasteiger partial charge in [0.05, 0.1) is 10.0 Å². The van der Waals surface area contributed by atoms with Crippen LogP contribution >= 0.6 is 23.2 Å². The lowest BCUT2D eigenvalue weighted by molar-refractivity contribution is 0.597. The molecule has 2 nitrogen and oxygen atoms in total. The lowest BCUT2D eigenvalue weighted by atomic mass is 10.1. The van der Waals surface area contributed by atoms with Crippen molar-refractivity contribution < 1.29 is 4.21 Å². The maximum atomic E-state index is 10.9. The number of hydrogen-bond acceptors (Lipinski definition) is 2. The summed E-state index contributed by atoms with van der Waals surface area (Å²) < 4.78 is 10.9. The number of nitrogens with one attached hydrogen (secondary N) is 1. The molecule has 0 aromatic heterocycles. The van der Waals surface area contributed by atoms with E-state index in [1.54, 1.807) is 12.3 Å². The summed E-state index contributed by atoms with van der Waals surface area (Å²) in [5.74, 6) is 0.658. The highest BCUT2D eigenvalue weighted by Crippen LogP contribution is 2.25. The first-order valence-corrected chi connectivity index (χ1v) is 7.47. The second kappa shape index (κ2) is 6.60. The monoisotopic (exact) mass is 279 g/mol. The van der Waals surface area contributed by atoms with Gasteiger partial charge < -0.3 is 5.32 Å². The molecule has 5 heteroatoms. The van der Waals surface area contributed by atoms with Crippen molar-refractivity contribution >= 4 is 34.0 Å². The van der Waals surface area contributed by atoms with Crippen LogP contribution in [0, 0.1) is 0 Å². The van der Waals surface area contributed by atoms with E-state index in [2.05, 4.69) is 5.32 Å². The second-order valence-electron chi connectivity index (χ2n) is 3.63. The third kappa shape index (κ3) is 4.42. The van der Waals surface area contributed by atoms with Gasteiger partial charge in [0.2, 0.25) is 0 Å². The smallest absolute Gasteiger partial charge is 0.0595 e. The van der Waals surface area contributed by atoms with Gasteiger partial charge in [-0.25, -0.2) is 0 Å². The van der Waals surface area contributed by atoms with Crippen LogP contribution in [0.1, 0.15) is 18.5 Å². The normalized spacial score (nSPS) is 14.8. The fourth-order valence-corrected chi connectivity index (χ4v) is 2.03. The average Bonchev–Trinajstić information content (AvgIpc) is 2.21. The molecule has 0 radical (unpaired) electrons. The average molecular weight is 280 g/mol. The van der Waals surface area contributed by atoms with Crippen molar-refractivity contribution in [1.82, 2.24) is 5.32 Å². The molecule has 1 N–H and O–H groups in total. The van der Waals surface area contributed by atoms with Crippen LogP contribution in [0.2, 0.25) is 10.0 Å². The Labute approximate surface area is 109 Å². The largest absolute Gasteiger partial charge is 0.309 e. The van der Waals surface area contributed by atoms with Crippen molar-refractivity contribution in [2.75, 3.05) is 18.6 Å². The third-order valence-electron chi connectivity index (χ3n) is 2.28. The number of hydrogen-bond donors (Lipinski definition) is 1. The van der Waals surface area contributed by atoms with E-state index in [-0.39, 0.29) is 6.04 Å². The predicted octanol–water partition coefficient (Wildman–Crippen LogP) is 3.02. The van der Waals surface area contributed by atoms with E-state index in [0.717, 1.165) is 12.1 Å². The molecule has 0 aliphatic rings. The Balaban J connectivity index is 2.55. The van der Waals surface area contributed by atoms with E-state index in [9.17, 15) is 4.21 Å². The molecule has 0 aliphatic carbocycles. The molecule has 0 saturated carbocycles. The first-order chi connectivity index (χ1) is 7.50. The third-order valence-corrected chi connectivity index (χ3v) is 3.80. The van der Waals surface area contributed by atoms with Gasteiger partial charge in [-0.15, -0.1) is 0 Å². The number of rotatable bonds is 5. The van der Waals surface area contributed by atoms with Gasteiger partial charge in [-0.05, 0) is 24.6 Å². The molecule has 0 fully saturated rings. The zero-order chi connectivity index (χ0) is 12.1. The molecule has 1 aromatic rings. The summed E-state index contributed by atoms with van der Waals surface area (Å²) in [7, 11) is -0.756. The molecule has 0 aliphatic heterocycles. The van der Waals surface area contributed by atoms with E-state index < -0.39 is 10.8 Å². The molecule has 2 atom stereocenters. The van der Waals surface area contributed by atoms with Crippen molar-refractivity contribution in [3.8, 4) is 0 Å². The fourth-order valence-electron chi connectivity index (χ4n) is 1.32. The zero-order valence-electron chi connectivity index (χ0n) is 9.30.